The van der Waals surface area contributed by atoms with E-state index < -0.39 is 0 Å². The summed E-state index contributed by atoms with van der Waals surface area (Å²) in [7, 11) is 0. The molecule has 5 heteroatoms. The molecule has 2 N–H and O–H groups in total. The molecular formula is C21H28N4O. The van der Waals surface area contributed by atoms with E-state index in [4.69, 9.17) is 0 Å². The molecule has 1 amide bonds. The average Bonchev–Trinajstić information content (AvgIpc) is 3.19. The van der Waals surface area contributed by atoms with Gasteiger partial charge in [-0.3, -0.25) is 9.48 Å². The van der Waals surface area contributed by atoms with Gasteiger partial charge in [0.15, 0.2) is 0 Å². The fraction of sp³-hybridized carbons (Fsp3) is 0.429. The Balaban J connectivity index is 1.69. The molecule has 0 saturated carbocycles. The van der Waals surface area contributed by atoms with Crippen LogP contribution in [0, 0.1) is 0 Å². The zero-order chi connectivity index (χ0) is 18.9. The summed E-state index contributed by atoms with van der Waals surface area (Å²) in [4.78, 5) is 15.8. The molecular weight excluding hydrogens is 324 g/mol. The highest BCUT2D eigenvalue weighted by atomic mass is 16.1. The van der Waals surface area contributed by atoms with E-state index in [1.807, 2.05) is 29.1 Å². The maximum absolute atomic E-state index is 12.6. The van der Waals surface area contributed by atoms with Crippen molar-refractivity contribution in [1.29, 1.82) is 0 Å². The van der Waals surface area contributed by atoms with Crippen molar-refractivity contribution in [3.63, 3.8) is 0 Å². The van der Waals surface area contributed by atoms with Crippen LogP contribution in [0.4, 0.5) is 0 Å². The van der Waals surface area contributed by atoms with Gasteiger partial charge in [0.1, 0.15) is 5.69 Å². The molecule has 0 aliphatic heterocycles. The van der Waals surface area contributed by atoms with Crippen LogP contribution in [0.1, 0.15) is 62.3 Å². The number of carbonyl (C=O) groups is 1. The van der Waals surface area contributed by atoms with Crippen molar-refractivity contribution in [2.45, 2.75) is 52.5 Å². The number of amides is 1. The van der Waals surface area contributed by atoms with Crippen LogP contribution in [0.25, 0.3) is 10.9 Å². The molecule has 0 fully saturated rings. The van der Waals surface area contributed by atoms with Crippen molar-refractivity contribution >= 4 is 16.8 Å². The van der Waals surface area contributed by atoms with Gasteiger partial charge in [0.25, 0.3) is 5.91 Å². The number of carbonyl (C=O) groups excluding carboxylic acids is 1. The van der Waals surface area contributed by atoms with Gasteiger partial charge in [0.2, 0.25) is 0 Å². The van der Waals surface area contributed by atoms with Crippen LogP contribution < -0.4 is 5.32 Å². The maximum Gasteiger partial charge on any atom is 0.271 e. The minimum atomic E-state index is -0.151. The lowest BCUT2D eigenvalue weighted by Gasteiger charge is -2.23. The molecule has 0 radical (unpaired) electrons. The second-order valence-corrected chi connectivity index (χ2v) is 8.06. The van der Waals surface area contributed by atoms with E-state index in [1.165, 1.54) is 10.9 Å². The van der Waals surface area contributed by atoms with Crippen LogP contribution in [-0.4, -0.2) is 27.2 Å². The summed E-state index contributed by atoms with van der Waals surface area (Å²) in [5.41, 5.74) is 3.76. The van der Waals surface area contributed by atoms with Gasteiger partial charge in [-0.15, -0.1) is 0 Å². The highest BCUT2D eigenvalue weighted by Gasteiger charge is 2.23. The number of benzene rings is 1. The molecule has 0 unspecified atom stereocenters. The molecule has 0 spiro atoms. The lowest BCUT2D eigenvalue weighted by atomic mass is 10.1. The summed E-state index contributed by atoms with van der Waals surface area (Å²) in [6.45, 7) is 11.1. The normalized spacial score (nSPS) is 12.1. The second-order valence-electron chi connectivity index (χ2n) is 8.06. The number of aromatic nitrogens is 3. The zero-order valence-corrected chi connectivity index (χ0v) is 16.3. The number of rotatable bonds is 5. The van der Waals surface area contributed by atoms with Crippen LogP contribution in [-0.2, 0) is 12.0 Å². The number of nitrogens with zero attached hydrogens (tertiary/aromatic N) is 2. The number of nitrogens with one attached hydrogen (secondary N) is 2. The Morgan fingerprint density at radius 1 is 1.27 bits per heavy atom. The molecule has 26 heavy (non-hydrogen) atoms. The predicted octanol–water partition coefficient (Wildman–Crippen LogP) is 4.22. The highest BCUT2D eigenvalue weighted by molar-refractivity contribution is 5.92. The quantitative estimate of drug-likeness (QED) is 0.722. The summed E-state index contributed by atoms with van der Waals surface area (Å²) < 4.78 is 1.96. The summed E-state index contributed by atoms with van der Waals surface area (Å²) in [6.07, 6.45) is 2.80. The van der Waals surface area contributed by atoms with Gasteiger partial charge in [-0.05, 0) is 50.8 Å². The first-order chi connectivity index (χ1) is 12.3. The lowest BCUT2D eigenvalue weighted by Crippen LogP contribution is -2.28. The van der Waals surface area contributed by atoms with E-state index in [-0.39, 0.29) is 11.4 Å². The van der Waals surface area contributed by atoms with Gasteiger partial charge in [-0.25, -0.2) is 0 Å². The monoisotopic (exact) mass is 352 g/mol. The Bertz CT molecular complexity index is 912. The number of H-pyrrole nitrogens is 1. The van der Waals surface area contributed by atoms with E-state index in [2.05, 4.69) is 62.2 Å². The third kappa shape index (κ3) is 3.66. The molecule has 5 nitrogen and oxygen atoms in total. The Kier molecular flexibility index (Phi) is 4.90. The van der Waals surface area contributed by atoms with Gasteiger partial charge in [-0.1, -0.05) is 32.0 Å². The van der Waals surface area contributed by atoms with Crippen molar-refractivity contribution in [3.05, 3.63) is 53.5 Å². The molecule has 0 atom stereocenters. The van der Waals surface area contributed by atoms with Crippen molar-refractivity contribution in [1.82, 2.24) is 20.1 Å². The highest BCUT2D eigenvalue weighted by Crippen LogP contribution is 2.23. The van der Waals surface area contributed by atoms with Gasteiger partial charge in [0, 0.05) is 29.3 Å². The Labute approximate surface area is 154 Å². The SMILES string of the molecule is CC(C)c1cc(C(=O)NCCc2c[nH]c3ccccc23)nn1C(C)(C)C. The predicted molar refractivity (Wildman–Crippen MR) is 106 cm³/mol. The van der Waals surface area contributed by atoms with Gasteiger partial charge in [-0.2, -0.15) is 5.10 Å². The summed E-state index contributed by atoms with van der Waals surface area (Å²) in [6, 6.07) is 10.1. The van der Waals surface area contributed by atoms with E-state index in [0.717, 1.165) is 17.6 Å². The van der Waals surface area contributed by atoms with Crippen molar-refractivity contribution in [2.75, 3.05) is 6.54 Å². The summed E-state index contributed by atoms with van der Waals surface area (Å²) >= 11 is 0. The minimum Gasteiger partial charge on any atom is -0.361 e. The Hall–Kier alpha value is -2.56. The first-order valence-corrected chi connectivity index (χ1v) is 9.21. The molecule has 2 aromatic heterocycles. The first kappa shape index (κ1) is 18.2. The van der Waals surface area contributed by atoms with Crippen molar-refractivity contribution < 1.29 is 4.79 Å². The molecule has 0 aliphatic carbocycles. The summed E-state index contributed by atoms with van der Waals surface area (Å²) in [5.74, 6) is 0.198. The molecule has 3 rings (SSSR count). The molecule has 2 heterocycles. The van der Waals surface area contributed by atoms with Gasteiger partial charge < -0.3 is 10.3 Å². The molecule has 1 aromatic carbocycles. The molecule has 138 valence electrons. The van der Waals surface area contributed by atoms with E-state index in [0.29, 0.717) is 18.2 Å². The van der Waals surface area contributed by atoms with Crippen LogP contribution >= 0.6 is 0 Å². The van der Waals surface area contributed by atoms with E-state index in [1.54, 1.807) is 0 Å². The third-order valence-electron chi connectivity index (χ3n) is 4.55. The van der Waals surface area contributed by atoms with Crippen LogP contribution in [0.5, 0.6) is 0 Å². The fourth-order valence-electron chi connectivity index (χ4n) is 3.19. The molecule has 3 aromatic rings. The Morgan fingerprint density at radius 3 is 2.65 bits per heavy atom. The summed E-state index contributed by atoms with van der Waals surface area (Å²) in [5, 5.41) is 8.78. The second kappa shape index (κ2) is 6.98. The molecule has 0 saturated heterocycles. The standard InChI is InChI=1S/C21H28N4O/c1-14(2)19-12-18(24-25(19)21(3,4)5)20(26)22-11-10-15-13-23-17-9-7-6-8-16(15)17/h6-9,12-14,23H,10-11H2,1-5H3,(H,22,26). The van der Waals surface area contributed by atoms with Gasteiger partial charge >= 0.3 is 0 Å². The minimum absolute atomic E-state index is 0.116. The molecule has 0 aliphatic rings. The Morgan fingerprint density at radius 2 is 2.00 bits per heavy atom. The van der Waals surface area contributed by atoms with Crippen molar-refractivity contribution in [2.24, 2.45) is 0 Å². The number of aromatic amines is 1. The smallest absolute Gasteiger partial charge is 0.271 e. The van der Waals surface area contributed by atoms with E-state index >= 15 is 0 Å². The third-order valence-corrected chi connectivity index (χ3v) is 4.55. The van der Waals surface area contributed by atoms with Crippen LogP contribution in [0.15, 0.2) is 36.5 Å². The van der Waals surface area contributed by atoms with Gasteiger partial charge in [0.05, 0.1) is 5.54 Å². The average molecular weight is 352 g/mol. The van der Waals surface area contributed by atoms with Crippen molar-refractivity contribution in [3.8, 4) is 0 Å². The largest absolute Gasteiger partial charge is 0.361 e. The van der Waals surface area contributed by atoms with E-state index in [9.17, 15) is 4.79 Å². The lowest BCUT2D eigenvalue weighted by molar-refractivity contribution is 0.0947. The topological polar surface area (TPSA) is 62.7 Å². The first-order valence-electron chi connectivity index (χ1n) is 9.21. The number of fused-ring (bicyclic) bond motifs is 1. The number of hydrogen-bond acceptors (Lipinski definition) is 2. The fourth-order valence-corrected chi connectivity index (χ4v) is 3.19. The van der Waals surface area contributed by atoms with Crippen LogP contribution in [0.3, 0.4) is 0 Å². The number of hydrogen-bond donors (Lipinski definition) is 2. The maximum atomic E-state index is 12.6. The number of para-hydroxylation sites is 1. The zero-order valence-electron chi connectivity index (χ0n) is 16.3. The van der Waals surface area contributed by atoms with Crippen LogP contribution in [0.2, 0.25) is 0 Å². The molecule has 0 bridgehead atoms.